The number of nitrogens with one attached hydrogen (secondary N) is 3. The lowest BCUT2D eigenvalue weighted by Gasteiger charge is -2.45. The number of rotatable bonds is 5. The van der Waals surface area contributed by atoms with E-state index >= 15 is 0 Å². The summed E-state index contributed by atoms with van der Waals surface area (Å²) in [4.78, 5) is 32.0. The van der Waals surface area contributed by atoms with Crippen LogP contribution in [0.15, 0.2) is 36.5 Å². The monoisotopic (exact) mass is 495 g/mol. The third-order valence-electron chi connectivity index (χ3n) is 7.12. The standard InChI is InChI=1S/C26H30ClN5O3/c1-15-12-18(10-11-35-15)32-22(33)13-26(2,31-25(32)28)19-4-3-5-21(23(19)27)30-24(34)17-8-9-20(29-14-17)16-6-7-16/h3-5,8-9,14-16,18H,6-7,10-13H2,1-2H3,(H2,28,31)(H,30,34)/t15-,18-,26+/m1/s1. The molecule has 9 heteroatoms. The van der Waals surface area contributed by atoms with Gasteiger partial charge in [0.1, 0.15) is 0 Å². The Hall–Kier alpha value is -2.97. The van der Waals surface area contributed by atoms with Crippen LogP contribution in [0.2, 0.25) is 5.02 Å². The maximum atomic E-state index is 13.2. The summed E-state index contributed by atoms with van der Waals surface area (Å²) >= 11 is 6.76. The van der Waals surface area contributed by atoms with Crippen molar-refractivity contribution in [3.63, 3.8) is 0 Å². The molecule has 2 aromatic rings. The number of amides is 2. The summed E-state index contributed by atoms with van der Waals surface area (Å²) in [7, 11) is 0. The van der Waals surface area contributed by atoms with Gasteiger partial charge < -0.3 is 15.4 Å². The van der Waals surface area contributed by atoms with Crippen LogP contribution in [-0.2, 0) is 15.1 Å². The first kappa shape index (κ1) is 23.8. The smallest absolute Gasteiger partial charge is 0.257 e. The maximum absolute atomic E-state index is 13.2. The average Bonchev–Trinajstić information content (AvgIpc) is 3.65. The van der Waals surface area contributed by atoms with E-state index in [9.17, 15) is 9.59 Å². The van der Waals surface area contributed by atoms with Crippen molar-refractivity contribution < 1.29 is 14.3 Å². The van der Waals surface area contributed by atoms with Crippen LogP contribution in [0.3, 0.4) is 0 Å². The number of hydrogen-bond donors (Lipinski definition) is 3. The fourth-order valence-corrected chi connectivity index (χ4v) is 5.43. The van der Waals surface area contributed by atoms with Crippen molar-refractivity contribution in [3.8, 4) is 0 Å². The molecule has 3 atom stereocenters. The normalized spacial score (nSPS) is 26.9. The van der Waals surface area contributed by atoms with Crippen LogP contribution in [0.25, 0.3) is 0 Å². The molecule has 2 aliphatic heterocycles. The van der Waals surface area contributed by atoms with Crippen LogP contribution in [0.1, 0.15) is 73.5 Å². The van der Waals surface area contributed by atoms with Gasteiger partial charge in [0.15, 0.2) is 5.96 Å². The van der Waals surface area contributed by atoms with Gasteiger partial charge in [0.2, 0.25) is 5.91 Å². The molecule has 1 saturated carbocycles. The number of hydrogen-bond acceptors (Lipinski definition) is 5. The van der Waals surface area contributed by atoms with E-state index in [0.29, 0.717) is 47.2 Å². The molecule has 3 heterocycles. The lowest BCUT2D eigenvalue weighted by atomic mass is 9.85. The molecule has 1 aromatic heterocycles. The molecule has 35 heavy (non-hydrogen) atoms. The molecular formula is C26H30ClN5O3. The number of nitrogens with zero attached hydrogens (tertiary/aromatic N) is 2. The van der Waals surface area contributed by atoms with Crippen LogP contribution >= 0.6 is 11.6 Å². The van der Waals surface area contributed by atoms with Crippen LogP contribution in [0, 0.1) is 5.41 Å². The van der Waals surface area contributed by atoms with Gasteiger partial charge in [-0.15, -0.1) is 0 Å². The highest BCUT2D eigenvalue weighted by molar-refractivity contribution is 6.35. The fraction of sp³-hybridized carbons (Fsp3) is 0.462. The number of ether oxygens (including phenoxy) is 1. The number of carbonyl (C=O) groups is 2. The van der Waals surface area contributed by atoms with E-state index in [0.717, 1.165) is 18.5 Å². The summed E-state index contributed by atoms with van der Waals surface area (Å²) in [5.41, 5.74) is 1.69. The van der Waals surface area contributed by atoms with E-state index in [1.54, 1.807) is 29.3 Å². The first-order valence-corrected chi connectivity index (χ1v) is 12.5. The van der Waals surface area contributed by atoms with E-state index in [2.05, 4.69) is 15.6 Å². The van der Waals surface area contributed by atoms with Gasteiger partial charge in [-0.1, -0.05) is 23.7 Å². The fourth-order valence-electron chi connectivity index (χ4n) is 5.05. The van der Waals surface area contributed by atoms with E-state index in [4.69, 9.17) is 21.7 Å². The van der Waals surface area contributed by atoms with Crippen LogP contribution in [0.5, 0.6) is 0 Å². The zero-order valence-corrected chi connectivity index (χ0v) is 20.7. The Kier molecular flexibility index (Phi) is 6.27. The van der Waals surface area contributed by atoms with Crippen molar-refractivity contribution in [3.05, 3.63) is 58.4 Å². The maximum Gasteiger partial charge on any atom is 0.257 e. The summed E-state index contributed by atoms with van der Waals surface area (Å²) in [6.45, 7) is 4.42. The minimum Gasteiger partial charge on any atom is -0.378 e. The van der Waals surface area contributed by atoms with Crippen molar-refractivity contribution in [2.45, 2.75) is 69.6 Å². The predicted octanol–water partition coefficient (Wildman–Crippen LogP) is 4.40. The van der Waals surface area contributed by atoms with E-state index in [1.165, 1.54) is 0 Å². The molecule has 3 N–H and O–H groups in total. The van der Waals surface area contributed by atoms with Gasteiger partial charge in [0, 0.05) is 30.5 Å². The molecule has 8 nitrogen and oxygen atoms in total. The lowest BCUT2D eigenvalue weighted by molar-refractivity contribution is -0.134. The van der Waals surface area contributed by atoms with Gasteiger partial charge in [-0.3, -0.25) is 24.9 Å². The second-order valence-corrected chi connectivity index (χ2v) is 10.4. The molecule has 0 spiro atoms. The van der Waals surface area contributed by atoms with Crippen molar-refractivity contribution in [2.24, 2.45) is 0 Å². The summed E-state index contributed by atoms with van der Waals surface area (Å²) < 4.78 is 5.61. The highest BCUT2D eigenvalue weighted by Crippen LogP contribution is 2.40. The quantitative estimate of drug-likeness (QED) is 0.569. The third-order valence-corrected chi connectivity index (χ3v) is 7.52. The Morgan fingerprint density at radius 2 is 2.09 bits per heavy atom. The van der Waals surface area contributed by atoms with Gasteiger partial charge in [-0.2, -0.15) is 0 Å². The highest BCUT2D eigenvalue weighted by Gasteiger charge is 2.43. The lowest BCUT2D eigenvalue weighted by Crippen LogP contribution is -2.63. The van der Waals surface area contributed by atoms with Gasteiger partial charge in [-0.05, 0) is 63.3 Å². The Bertz CT molecular complexity index is 1150. The number of pyridine rings is 1. The van der Waals surface area contributed by atoms with Gasteiger partial charge >= 0.3 is 0 Å². The Balaban J connectivity index is 1.33. The SMILES string of the molecule is C[C@@H]1C[C@H](N2C(=N)N[C@](C)(c3cccc(NC(=O)c4ccc(C5CC5)nc4)c3Cl)CC2=O)CCO1. The number of halogens is 1. The second-order valence-electron chi connectivity index (χ2n) is 9.97. The van der Waals surface area contributed by atoms with Crippen LogP contribution in [-0.4, -0.2) is 46.4 Å². The molecule has 1 aromatic carbocycles. The zero-order valence-electron chi connectivity index (χ0n) is 19.9. The van der Waals surface area contributed by atoms with E-state index < -0.39 is 5.54 Å². The highest BCUT2D eigenvalue weighted by atomic mass is 35.5. The Labute approximate surface area is 209 Å². The van der Waals surface area contributed by atoms with Gasteiger partial charge in [0.25, 0.3) is 5.91 Å². The van der Waals surface area contributed by atoms with Crippen molar-refractivity contribution in [2.75, 3.05) is 11.9 Å². The molecule has 3 fully saturated rings. The summed E-state index contributed by atoms with van der Waals surface area (Å²) in [6, 6.07) is 8.97. The molecule has 5 rings (SSSR count). The third kappa shape index (κ3) is 4.77. The zero-order chi connectivity index (χ0) is 24.7. The molecule has 1 aliphatic carbocycles. The molecule has 0 bridgehead atoms. The Morgan fingerprint density at radius 1 is 1.29 bits per heavy atom. The van der Waals surface area contributed by atoms with E-state index in [-0.39, 0.29) is 36.3 Å². The topological polar surface area (TPSA) is 107 Å². The first-order valence-electron chi connectivity index (χ1n) is 12.1. The van der Waals surface area contributed by atoms with Crippen LogP contribution < -0.4 is 10.6 Å². The molecule has 2 amide bonds. The van der Waals surface area contributed by atoms with Crippen molar-refractivity contribution in [1.29, 1.82) is 5.41 Å². The molecule has 2 saturated heterocycles. The molecule has 184 valence electrons. The van der Waals surface area contributed by atoms with Crippen molar-refractivity contribution in [1.82, 2.24) is 15.2 Å². The summed E-state index contributed by atoms with van der Waals surface area (Å²) in [5.74, 6) is 0.163. The average molecular weight is 496 g/mol. The van der Waals surface area contributed by atoms with Gasteiger partial charge in [0.05, 0.1) is 34.3 Å². The summed E-state index contributed by atoms with van der Waals surface area (Å²) in [5, 5.41) is 15.0. The first-order chi connectivity index (χ1) is 16.7. The number of carbonyl (C=O) groups excluding carboxylic acids is 2. The predicted molar refractivity (Wildman–Crippen MR) is 134 cm³/mol. The number of benzene rings is 1. The Morgan fingerprint density at radius 3 is 2.74 bits per heavy atom. The second kappa shape index (κ2) is 9.24. The van der Waals surface area contributed by atoms with Crippen LogP contribution in [0.4, 0.5) is 5.69 Å². The minimum absolute atomic E-state index is 0.0532. The molecule has 3 aliphatic rings. The summed E-state index contributed by atoms with van der Waals surface area (Å²) in [6.07, 6.45) is 5.50. The number of guanidine groups is 1. The number of anilines is 1. The van der Waals surface area contributed by atoms with Crippen molar-refractivity contribution >= 4 is 35.1 Å². The van der Waals surface area contributed by atoms with E-state index in [1.807, 2.05) is 26.0 Å². The number of aromatic nitrogens is 1. The van der Waals surface area contributed by atoms with Gasteiger partial charge in [-0.25, -0.2) is 0 Å². The molecule has 0 radical (unpaired) electrons. The largest absolute Gasteiger partial charge is 0.378 e. The molecular weight excluding hydrogens is 466 g/mol. The minimum atomic E-state index is -0.882. The molecule has 0 unspecified atom stereocenters.